The summed E-state index contributed by atoms with van der Waals surface area (Å²) in [6.45, 7) is 2.56. The molecule has 2 heterocycles. The van der Waals surface area contributed by atoms with Crippen molar-refractivity contribution in [1.29, 1.82) is 0 Å². The van der Waals surface area contributed by atoms with E-state index in [1.807, 2.05) is 31.2 Å². The van der Waals surface area contributed by atoms with Gasteiger partial charge in [-0.1, -0.05) is 6.92 Å². The van der Waals surface area contributed by atoms with Crippen molar-refractivity contribution < 1.29 is 4.42 Å². The fourth-order valence-electron chi connectivity index (χ4n) is 2.10. The van der Waals surface area contributed by atoms with Crippen molar-refractivity contribution in [2.24, 2.45) is 0 Å². The predicted octanol–water partition coefficient (Wildman–Crippen LogP) is 2.98. The summed E-state index contributed by atoms with van der Waals surface area (Å²) < 4.78 is 5.57. The van der Waals surface area contributed by atoms with Gasteiger partial charge in [0.15, 0.2) is 0 Å². The lowest BCUT2D eigenvalue weighted by Gasteiger charge is -2.09. The lowest BCUT2D eigenvalue weighted by atomic mass is 10.1. The van der Waals surface area contributed by atoms with E-state index in [0.717, 1.165) is 34.5 Å². The molecule has 0 amide bonds. The van der Waals surface area contributed by atoms with Crippen LogP contribution in [0.4, 0.5) is 11.4 Å². The fraction of sp³-hybridized carbons (Fsp3) is 0.200. The third kappa shape index (κ3) is 2.30. The van der Waals surface area contributed by atoms with Crippen molar-refractivity contribution in [3.05, 3.63) is 48.3 Å². The summed E-state index contributed by atoms with van der Waals surface area (Å²) in [6, 6.07) is 7.64. The summed E-state index contributed by atoms with van der Waals surface area (Å²) in [5, 5.41) is 4.24. The van der Waals surface area contributed by atoms with Crippen LogP contribution < -0.4 is 11.1 Å². The topological polar surface area (TPSA) is 77.0 Å². The summed E-state index contributed by atoms with van der Waals surface area (Å²) in [5.41, 5.74) is 8.46. The Labute approximate surface area is 116 Å². The number of pyridine rings is 1. The van der Waals surface area contributed by atoms with Gasteiger partial charge in [0.05, 0.1) is 23.9 Å². The molecule has 2 aromatic heterocycles. The van der Waals surface area contributed by atoms with Gasteiger partial charge in [-0.05, 0) is 24.3 Å². The van der Waals surface area contributed by atoms with Gasteiger partial charge >= 0.3 is 0 Å². The Hall–Kier alpha value is -2.56. The zero-order chi connectivity index (χ0) is 13.9. The van der Waals surface area contributed by atoms with E-state index < -0.39 is 0 Å². The maximum absolute atomic E-state index is 5.96. The number of nitrogens with one attached hydrogen (secondary N) is 1. The molecule has 3 aromatic rings. The number of nitrogens with zero attached hydrogens (tertiary/aromatic N) is 2. The Morgan fingerprint density at radius 2 is 2.15 bits per heavy atom. The highest BCUT2D eigenvalue weighted by molar-refractivity contribution is 5.98. The molecule has 0 unspecified atom stereocenters. The Kier molecular flexibility index (Phi) is 3.25. The Morgan fingerprint density at radius 3 is 2.95 bits per heavy atom. The molecule has 0 saturated carbocycles. The smallest absolute Gasteiger partial charge is 0.213 e. The van der Waals surface area contributed by atoms with Gasteiger partial charge in [-0.3, -0.25) is 4.98 Å². The highest BCUT2D eigenvalue weighted by Gasteiger charge is 2.07. The van der Waals surface area contributed by atoms with E-state index in [4.69, 9.17) is 10.2 Å². The minimum atomic E-state index is 0.523. The number of aryl methyl sites for hydroxylation is 1. The summed E-state index contributed by atoms with van der Waals surface area (Å²) in [5.74, 6) is 1.56. The number of fused-ring (bicyclic) bond motifs is 1. The summed E-state index contributed by atoms with van der Waals surface area (Å²) in [6.07, 6.45) is 4.36. The monoisotopic (exact) mass is 268 g/mol. The fourth-order valence-corrected chi connectivity index (χ4v) is 2.10. The molecule has 0 atom stereocenters. The Morgan fingerprint density at radius 1 is 1.25 bits per heavy atom. The maximum Gasteiger partial charge on any atom is 0.213 e. The van der Waals surface area contributed by atoms with Gasteiger partial charge in [0.1, 0.15) is 5.76 Å². The first-order valence-electron chi connectivity index (χ1n) is 6.58. The molecule has 0 fully saturated rings. The van der Waals surface area contributed by atoms with Crippen molar-refractivity contribution >= 4 is 22.3 Å². The first kappa shape index (κ1) is 12.5. The van der Waals surface area contributed by atoms with Gasteiger partial charge in [-0.2, -0.15) is 0 Å². The molecule has 3 N–H and O–H groups in total. The molecular formula is C15H16N4O. The molecule has 0 aliphatic carbocycles. The van der Waals surface area contributed by atoms with Crippen LogP contribution in [0.2, 0.25) is 0 Å². The van der Waals surface area contributed by atoms with E-state index in [1.165, 1.54) is 0 Å². The molecule has 0 saturated heterocycles. The van der Waals surface area contributed by atoms with Crippen LogP contribution in [0.25, 0.3) is 10.9 Å². The molecule has 1 aromatic carbocycles. The molecule has 0 bridgehead atoms. The van der Waals surface area contributed by atoms with Crippen molar-refractivity contribution in [3.63, 3.8) is 0 Å². The van der Waals surface area contributed by atoms with Crippen LogP contribution in [0.3, 0.4) is 0 Å². The number of rotatable bonds is 4. The zero-order valence-corrected chi connectivity index (χ0v) is 11.3. The van der Waals surface area contributed by atoms with Crippen LogP contribution in [-0.2, 0) is 13.0 Å². The van der Waals surface area contributed by atoms with Crippen LogP contribution in [-0.4, -0.2) is 9.97 Å². The van der Waals surface area contributed by atoms with Gasteiger partial charge in [0, 0.05) is 23.7 Å². The van der Waals surface area contributed by atoms with E-state index in [0.29, 0.717) is 12.4 Å². The lowest BCUT2D eigenvalue weighted by molar-refractivity contribution is 0.466. The third-order valence-electron chi connectivity index (χ3n) is 3.18. The summed E-state index contributed by atoms with van der Waals surface area (Å²) in [7, 11) is 0. The Bertz CT molecular complexity index is 736. The molecule has 0 radical (unpaired) electrons. The second kappa shape index (κ2) is 5.21. The van der Waals surface area contributed by atoms with Crippen molar-refractivity contribution in [2.45, 2.75) is 19.9 Å². The van der Waals surface area contributed by atoms with Crippen molar-refractivity contribution in [3.8, 4) is 0 Å². The number of hydrogen-bond acceptors (Lipinski definition) is 5. The molecule has 0 aliphatic rings. The lowest BCUT2D eigenvalue weighted by Crippen LogP contribution is -2.01. The summed E-state index contributed by atoms with van der Waals surface area (Å²) in [4.78, 5) is 8.61. The van der Waals surface area contributed by atoms with Crippen molar-refractivity contribution in [2.75, 3.05) is 11.1 Å². The van der Waals surface area contributed by atoms with Crippen LogP contribution in [0.15, 0.2) is 41.1 Å². The zero-order valence-electron chi connectivity index (χ0n) is 11.3. The van der Waals surface area contributed by atoms with E-state index in [-0.39, 0.29) is 0 Å². The first-order chi connectivity index (χ1) is 9.78. The maximum atomic E-state index is 5.96. The number of nitrogens with two attached hydrogens (primary N) is 1. The highest BCUT2D eigenvalue weighted by Crippen LogP contribution is 2.26. The molecule has 3 rings (SSSR count). The number of oxazole rings is 1. The SMILES string of the molecule is CCc1cnc(CNc2ccc(N)c3cccnc23)o1. The van der Waals surface area contributed by atoms with Crippen LogP contribution in [0.1, 0.15) is 18.6 Å². The normalized spacial score (nSPS) is 10.8. The third-order valence-corrected chi connectivity index (χ3v) is 3.18. The first-order valence-corrected chi connectivity index (χ1v) is 6.58. The second-order valence-electron chi connectivity index (χ2n) is 4.53. The minimum Gasteiger partial charge on any atom is -0.444 e. The second-order valence-corrected chi connectivity index (χ2v) is 4.53. The van der Waals surface area contributed by atoms with E-state index >= 15 is 0 Å². The number of hydrogen-bond donors (Lipinski definition) is 2. The predicted molar refractivity (Wildman–Crippen MR) is 79.4 cm³/mol. The molecule has 102 valence electrons. The van der Waals surface area contributed by atoms with Crippen molar-refractivity contribution in [1.82, 2.24) is 9.97 Å². The van der Waals surface area contributed by atoms with E-state index in [1.54, 1.807) is 12.4 Å². The van der Waals surface area contributed by atoms with Crippen LogP contribution in [0, 0.1) is 0 Å². The highest BCUT2D eigenvalue weighted by atomic mass is 16.4. The van der Waals surface area contributed by atoms with E-state index in [9.17, 15) is 0 Å². The molecule has 5 heteroatoms. The quantitative estimate of drug-likeness (QED) is 0.711. The van der Waals surface area contributed by atoms with E-state index in [2.05, 4.69) is 15.3 Å². The largest absolute Gasteiger partial charge is 0.444 e. The molecule has 20 heavy (non-hydrogen) atoms. The number of nitrogen functional groups attached to an aromatic ring is 1. The van der Waals surface area contributed by atoms with Gasteiger partial charge in [-0.15, -0.1) is 0 Å². The number of benzene rings is 1. The van der Waals surface area contributed by atoms with Gasteiger partial charge in [-0.25, -0.2) is 4.98 Å². The Balaban J connectivity index is 1.86. The van der Waals surface area contributed by atoms with Gasteiger partial charge < -0.3 is 15.5 Å². The molecule has 0 aliphatic heterocycles. The minimum absolute atomic E-state index is 0.523. The summed E-state index contributed by atoms with van der Waals surface area (Å²) >= 11 is 0. The standard InChI is InChI=1S/C15H16N4O/c1-2-10-8-19-14(20-10)9-18-13-6-5-12(16)11-4-3-7-17-15(11)13/h3-8,18H,2,9,16H2,1H3. The van der Waals surface area contributed by atoms with Gasteiger partial charge in [0.2, 0.25) is 5.89 Å². The number of anilines is 2. The molecular weight excluding hydrogens is 252 g/mol. The average molecular weight is 268 g/mol. The molecule has 0 spiro atoms. The average Bonchev–Trinajstić information content (AvgIpc) is 2.95. The molecule has 5 nitrogen and oxygen atoms in total. The number of aromatic nitrogens is 2. The van der Waals surface area contributed by atoms with Crippen LogP contribution >= 0.6 is 0 Å². The van der Waals surface area contributed by atoms with Crippen LogP contribution in [0.5, 0.6) is 0 Å². The van der Waals surface area contributed by atoms with Gasteiger partial charge in [0.25, 0.3) is 0 Å².